The number of carbonyl (C=O) groups is 1. The Morgan fingerprint density at radius 3 is 3.00 bits per heavy atom. The number of anilines is 2. The SMILES string of the molecule is NC(=O)C1COCCN1c1c(N)cncc1Br. The summed E-state index contributed by atoms with van der Waals surface area (Å²) in [4.78, 5) is 17.2. The van der Waals surface area contributed by atoms with E-state index in [0.29, 0.717) is 18.8 Å². The summed E-state index contributed by atoms with van der Waals surface area (Å²) in [7, 11) is 0. The van der Waals surface area contributed by atoms with Crippen molar-refractivity contribution >= 4 is 33.2 Å². The molecule has 0 aromatic carbocycles. The molecule has 1 atom stereocenters. The number of ether oxygens (including phenoxy) is 1. The van der Waals surface area contributed by atoms with Crippen molar-refractivity contribution in [2.45, 2.75) is 6.04 Å². The average molecular weight is 301 g/mol. The van der Waals surface area contributed by atoms with Gasteiger partial charge in [-0.25, -0.2) is 0 Å². The van der Waals surface area contributed by atoms with Gasteiger partial charge in [-0.3, -0.25) is 9.78 Å². The number of hydrogen-bond acceptors (Lipinski definition) is 5. The topological polar surface area (TPSA) is 94.5 Å². The number of carbonyl (C=O) groups excluding carboxylic acids is 1. The number of rotatable bonds is 2. The lowest BCUT2D eigenvalue weighted by molar-refractivity contribution is -0.121. The Bertz CT molecular complexity index is 420. The number of pyridine rings is 1. The molecule has 1 aliphatic rings. The van der Waals surface area contributed by atoms with Gasteiger partial charge in [-0.2, -0.15) is 0 Å². The van der Waals surface area contributed by atoms with E-state index >= 15 is 0 Å². The van der Waals surface area contributed by atoms with E-state index in [4.69, 9.17) is 16.2 Å². The zero-order valence-electron chi connectivity index (χ0n) is 9.10. The van der Waals surface area contributed by atoms with Crippen LogP contribution in [0.15, 0.2) is 16.9 Å². The molecule has 0 radical (unpaired) electrons. The molecule has 4 N–H and O–H groups in total. The minimum absolute atomic E-state index is 0.281. The molecule has 92 valence electrons. The maximum atomic E-state index is 11.4. The molecule has 0 spiro atoms. The first-order valence-corrected chi connectivity index (χ1v) is 5.93. The molecule has 1 aromatic heterocycles. The van der Waals surface area contributed by atoms with Crippen LogP contribution in [0.5, 0.6) is 0 Å². The van der Waals surface area contributed by atoms with Crippen LogP contribution >= 0.6 is 15.9 Å². The van der Waals surface area contributed by atoms with Crippen molar-refractivity contribution in [3.05, 3.63) is 16.9 Å². The number of amides is 1. The van der Waals surface area contributed by atoms with Crippen LogP contribution < -0.4 is 16.4 Å². The number of primary amides is 1. The van der Waals surface area contributed by atoms with E-state index in [1.807, 2.05) is 4.90 Å². The molecule has 2 heterocycles. The lowest BCUT2D eigenvalue weighted by Crippen LogP contribution is -2.53. The van der Waals surface area contributed by atoms with Crippen LogP contribution in [-0.2, 0) is 9.53 Å². The minimum atomic E-state index is -0.496. The summed E-state index contributed by atoms with van der Waals surface area (Å²) in [6.07, 6.45) is 3.19. The van der Waals surface area contributed by atoms with E-state index < -0.39 is 11.9 Å². The van der Waals surface area contributed by atoms with Gasteiger partial charge in [0.05, 0.1) is 35.3 Å². The number of hydrogen-bond donors (Lipinski definition) is 2. The molecule has 1 saturated heterocycles. The van der Waals surface area contributed by atoms with Gasteiger partial charge in [0, 0.05) is 12.7 Å². The van der Waals surface area contributed by atoms with Crippen molar-refractivity contribution in [3.8, 4) is 0 Å². The summed E-state index contributed by atoms with van der Waals surface area (Å²) in [5.41, 5.74) is 12.5. The smallest absolute Gasteiger partial charge is 0.242 e. The van der Waals surface area contributed by atoms with Crippen LogP contribution in [0.4, 0.5) is 11.4 Å². The summed E-state index contributed by atoms with van der Waals surface area (Å²) in [5.74, 6) is -0.423. The fourth-order valence-electron chi connectivity index (χ4n) is 1.85. The highest BCUT2D eigenvalue weighted by Gasteiger charge is 2.30. The maximum Gasteiger partial charge on any atom is 0.242 e. The van der Waals surface area contributed by atoms with E-state index in [0.717, 1.165) is 10.2 Å². The van der Waals surface area contributed by atoms with Crippen LogP contribution in [-0.4, -0.2) is 36.7 Å². The molecule has 2 rings (SSSR count). The van der Waals surface area contributed by atoms with Gasteiger partial charge >= 0.3 is 0 Å². The van der Waals surface area contributed by atoms with E-state index in [2.05, 4.69) is 20.9 Å². The summed E-state index contributed by atoms with van der Waals surface area (Å²) in [6, 6.07) is -0.496. The van der Waals surface area contributed by atoms with Crippen LogP contribution in [0, 0.1) is 0 Å². The van der Waals surface area contributed by atoms with Gasteiger partial charge in [0.25, 0.3) is 0 Å². The zero-order valence-corrected chi connectivity index (χ0v) is 10.7. The Labute approximate surface area is 107 Å². The van der Waals surface area contributed by atoms with E-state index in [1.54, 1.807) is 12.4 Å². The van der Waals surface area contributed by atoms with Crippen LogP contribution in [0.25, 0.3) is 0 Å². The number of morpholine rings is 1. The average Bonchev–Trinajstić information content (AvgIpc) is 2.29. The summed E-state index contributed by atoms with van der Waals surface area (Å²) in [6.45, 7) is 1.39. The van der Waals surface area contributed by atoms with Gasteiger partial charge in [0.2, 0.25) is 5.91 Å². The molecular formula is C10H13BrN4O2. The molecule has 1 aliphatic heterocycles. The van der Waals surface area contributed by atoms with Gasteiger partial charge in [0.15, 0.2) is 0 Å². The normalized spacial score (nSPS) is 20.3. The molecule has 0 saturated carbocycles. The second-order valence-corrected chi connectivity index (χ2v) is 4.60. The van der Waals surface area contributed by atoms with Crippen molar-refractivity contribution in [1.82, 2.24) is 4.98 Å². The van der Waals surface area contributed by atoms with Crippen molar-refractivity contribution in [2.75, 3.05) is 30.4 Å². The Morgan fingerprint density at radius 1 is 1.59 bits per heavy atom. The summed E-state index contributed by atoms with van der Waals surface area (Å²) in [5, 5.41) is 0. The summed E-state index contributed by atoms with van der Waals surface area (Å²) >= 11 is 3.38. The molecule has 7 heteroatoms. The first-order valence-electron chi connectivity index (χ1n) is 5.14. The monoisotopic (exact) mass is 300 g/mol. The maximum absolute atomic E-state index is 11.4. The van der Waals surface area contributed by atoms with Gasteiger partial charge in [-0.05, 0) is 15.9 Å². The predicted molar refractivity (Wildman–Crippen MR) is 67.5 cm³/mol. The molecule has 1 fully saturated rings. The minimum Gasteiger partial charge on any atom is -0.396 e. The van der Waals surface area contributed by atoms with Gasteiger partial charge in [0.1, 0.15) is 6.04 Å². The lowest BCUT2D eigenvalue weighted by atomic mass is 10.2. The third-order valence-electron chi connectivity index (χ3n) is 2.65. The van der Waals surface area contributed by atoms with Gasteiger partial charge < -0.3 is 21.1 Å². The van der Waals surface area contributed by atoms with Crippen molar-refractivity contribution in [2.24, 2.45) is 5.73 Å². The zero-order chi connectivity index (χ0) is 12.4. The third kappa shape index (κ3) is 2.34. The first-order chi connectivity index (χ1) is 8.11. The molecule has 1 amide bonds. The van der Waals surface area contributed by atoms with Crippen LogP contribution in [0.2, 0.25) is 0 Å². The second kappa shape index (κ2) is 4.89. The molecular weight excluding hydrogens is 288 g/mol. The molecule has 1 unspecified atom stereocenters. The lowest BCUT2D eigenvalue weighted by Gasteiger charge is -2.36. The largest absolute Gasteiger partial charge is 0.396 e. The van der Waals surface area contributed by atoms with Gasteiger partial charge in [-0.15, -0.1) is 0 Å². The molecule has 17 heavy (non-hydrogen) atoms. The number of aromatic nitrogens is 1. The predicted octanol–water partition coefficient (Wildman–Crippen LogP) is 0.117. The Morgan fingerprint density at radius 2 is 2.35 bits per heavy atom. The molecule has 0 aliphatic carbocycles. The third-order valence-corrected chi connectivity index (χ3v) is 3.23. The standard InChI is InChI=1S/C10H13BrN4O2/c11-6-3-14-4-7(12)9(6)15-1-2-17-5-8(15)10(13)16/h3-4,8H,1-2,5,12H2,(H2,13,16). The van der Waals surface area contributed by atoms with Crippen LogP contribution in [0.3, 0.4) is 0 Å². The number of halogens is 1. The van der Waals surface area contributed by atoms with Crippen molar-refractivity contribution < 1.29 is 9.53 Å². The molecule has 1 aromatic rings. The molecule has 6 nitrogen and oxygen atoms in total. The highest BCUT2D eigenvalue weighted by atomic mass is 79.9. The summed E-state index contributed by atoms with van der Waals surface area (Å²) < 4.78 is 6.00. The fourth-order valence-corrected chi connectivity index (χ4v) is 2.43. The second-order valence-electron chi connectivity index (χ2n) is 3.75. The highest BCUT2D eigenvalue weighted by Crippen LogP contribution is 2.33. The van der Waals surface area contributed by atoms with E-state index in [-0.39, 0.29) is 6.61 Å². The Hall–Kier alpha value is -1.34. The number of nitrogens with zero attached hydrogens (tertiary/aromatic N) is 2. The van der Waals surface area contributed by atoms with Gasteiger partial charge in [-0.1, -0.05) is 0 Å². The van der Waals surface area contributed by atoms with Crippen molar-refractivity contribution in [3.63, 3.8) is 0 Å². The van der Waals surface area contributed by atoms with Crippen LogP contribution in [0.1, 0.15) is 0 Å². The highest BCUT2D eigenvalue weighted by molar-refractivity contribution is 9.10. The number of nitrogens with two attached hydrogens (primary N) is 2. The Balaban J connectivity index is 2.39. The quantitative estimate of drug-likeness (QED) is 0.809. The molecule has 0 bridgehead atoms. The Kier molecular flexibility index (Phi) is 3.49. The van der Waals surface area contributed by atoms with E-state index in [1.165, 1.54) is 0 Å². The van der Waals surface area contributed by atoms with E-state index in [9.17, 15) is 4.79 Å². The first kappa shape index (κ1) is 12.1. The fraction of sp³-hybridized carbons (Fsp3) is 0.400. The number of nitrogen functional groups attached to an aromatic ring is 1. The van der Waals surface area contributed by atoms with Crippen molar-refractivity contribution in [1.29, 1.82) is 0 Å².